The van der Waals surface area contributed by atoms with E-state index < -0.39 is 0 Å². The summed E-state index contributed by atoms with van der Waals surface area (Å²) in [6.45, 7) is 0. The normalized spacial score (nSPS) is 11.0. The second-order valence-electron chi connectivity index (χ2n) is 3.98. The van der Waals surface area contributed by atoms with Crippen molar-refractivity contribution in [3.8, 4) is 11.4 Å². The quantitative estimate of drug-likeness (QED) is 0.701. The third-order valence-electron chi connectivity index (χ3n) is 2.81. The standard InChI is InChI=1S/C14H11FN2S/c1-18-11-5-2-9(3-6-11)14-16-12-7-4-10(15)8-13(12)17-14/h2-8H,1H3,(H,16,17). The molecule has 0 atom stereocenters. The maximum Gasteiger partial charge on any atom is 0.138 e. The first kappa shape index (κ1) is 11.3. The number of aromatic amines is 1. The van der Waals surface area contributed by atoms with Gasteiger partial charge >= 0.3 is 0 Å². The van der Waals surface area contributed by atoms with Crippen LogP contribution in [0.25, 0.3) is 22.4 Å². The van der Waals surface area contributed by atoms with Crippen LogP contribution in [-0.2, 0) is 0 Å². The van der Waals surface area contributed by atoms with Gasteiger partial charge in [-0.3, -0.25) is 0 Å². The summed E-state index contributed by atoms with van der Waals surface area (Å²) in [7, 11) is 0. The fraction of sp³-hybridized carbons (Fsp3) is 0.0714. The van der Waals surface area contributed by atoms with Crippen LogP contribution in [0.15, 0.2) is 47.4 Å². The van der Waals surface area contributed by atoms with Gasteiger partial charge in [-0.05, 0) is 36.6 Å². The van der Waals surface area contributed by atoms with Gasteiger partial charge in [0.25, 0.3) is 0 Å². The molecule has 0 aliphatic rings. The first-order valence-electron chi connectivity index (χ1n) is 5.56. The zero-order valence-corrected chi connectivity index (χ0v) is 10.6. The van der Waals surface area contributed by atoms with Crippen molar-refractivity contribution < 1.29 is 4.39 Å². The molecule has 0 unspecified atom stereocenters. The van der Waals surface area contributed by atoms with Crippen molar-refractivity contribution in [1.82, 2.24) is 9.97 Å². The Morgan fingerprint density at radius 2 is 1.89 bits per heavy atom. The van der Waals surface area contributed by atoms with Crippen molar-refractivity contribution in [3.63, 3.8) is 0 Å². The molecule has 0 fully saturated rings. The Morgan fingerprint density at radius 1 is 1.11 bits per heavy atom. The van der Waals surface area contributed by atoms with Gasteiger partial charge in [0.2, 0.25) is 0 Å². The van der Waals surface area contributed by atoms with Crippen molar-refractivity contribution in [2.75, 3.05) is 6.26 Å². The maximum atomic E-state index is 13.1. The minimum absolute atomic E-state index is 0.254. The molecule has 0 saturated carbocycles. The molecule has 2 aromatic carbocycles. The lowest BCUT2D eigenvalue weighted by Crippen LogP contribution is -1.79. The number of hydrogen-bond acceptors (Lipinski definition) is 2. The van der Waals surface area contributed by atoms with Crippen molar-refractivity contribution in [2.24, 2.45) is 0 Å². The van der Waals surface area contributed by atoms with Gasteiger partial charge in [0.1, 0.15) is 11.6 Å². The van der Waals surface area contributed by atoms with Crippen LogP contribution in [0.2, 0.25) is 0 Å². The number of H-pyrrole nitrogens is 1. The molecule has 0 radical (unpaired) electrons. The number of imidazole rings is 1. The third kappa shape index (κ3) is 1.99. The number of aromatic nitrogens is 2. The van der Waals surface area contributed by atoms with E-state index >= 15 is 0 Å². The minimum Gasteiger partial charge on any atom is -0.338 e. The predicted molar refractivity (Wildman–Crippen MR) is 73.3 cm³/mol. The van der Waals surface area contributed by atoms with Crippen LogP contribution >= 0.6 is 11.8 Å². The number of fused-ring (bicyclic) bond motifs is 1. The van der Waals surface area contributed by atoms with E-state index in [1.54, 1.807) is 17.8 Å². The summed E-state index contributed by atoms with van der Waals surface area (Å²) < 4.78 is 13.1. The van der Waals surface area contributed by atoms with Gasteiger partial charge in [-0.2, -0.15) is 0 Å². The molecule has 3 aromatic rings. The highest BCUT2D eigenvalue weighted by Gasteiger charge is 2.05. The number of hydrogen-bond donors (Lipinski definition) is 1. The lowest BCUT2D eigenvalue weighted by molar-refractivity contribution is 0.629. The summed E-state index contributed by atoms with van der Waals surface area (Å²) in [5, 5.41) is 0. The van der Waals surface area contributed by atoms with Gasteiger partial charge in [-0.15, -0.1) is 11.8 Å². The Hall–Kier alpha value is -1.81. The molecule has 0 amide bonds. The van der Waals surface area contributed by atoms with E-state index in [-0.39, 0.29) is 5.82 Å². The molecule has 18 heavy (non-hydrogen) atoms. The van der Waals surface area contributed by atoms with Gasteiger partial charge in [0.05, 0.1) is 11.0 Å². The van der Waals surface area contributed by atoms with Crippen LogP contribution in [0, 0.1) is 5.82 Å². The molecule has 2 nitrogen and oxygen atoms in total. The third-order valence-corrected chi connectivity index (χ3v) is 3.55. The van der Waals surface area contributed by atoms with E-state index in [9.17, 15) is 4.39 Å². The number of benzene rings is 2. The molecule has 1 heterocycles. The van der Waals surface area contributed by atoms with Crippen LogP contribution in [0.4, 0.5) is 4.39 Å². The highest BCUT2D eigenvalue weighted by molar-refractivity contribution is 7.98. The van der Waals surface area contributed by atoms with Gasteiger partial charge in [0.15, 0.2) is 0 Å². The fourth-order valence-electron chi connectivity index (χ4n) is 1.87. The molecule has 0 aliphatic carbocycles. The Morgan fingerprint density at radius 3 is 2.61 bits per heavy atom. The second kappa shape index (κ2) is 4.46. The molecular weight excluding hydrogens is 247 g/mol. The molecule has 0 saturated heterocycles. The molecule has 3 rings (SSSR count). The lowest BCUT2D eigenvalue weighted by atomic mass is 10.2. The summed E-state index contributed by atoms with van der Waals surface area (Å²) in [4.78, 5) is 8.79. The fourth-order valence-corrected chi connectivity index (χ4v) is 2.28. The highest BCUT2D eigenvalue weighted by Crippen LogP contribution is 2.23. The van der Waals surface area contributed by atoms with Crippen LogP contribution in [0.3, 0.4) is 0 Å². The van der Waals surface area contributed by atoms with E-state index in [4.69, 9.17) is 0 Å². The van der Waals surface area contributed by atoms with Gasteiger partial charge < -0.3 is 4.98 Å². The number of nitrogens with zero attached hydrogens (tertiary/aromatic N) is 1. The van der Waals surface area contributed by atoms with E-state index in [2.05, 4.69) is 9.97 Å². The largest absolute Gasteiger partial charge is 0.338 e. The molecule has 0 spiro atoms. The Kier molecular flexibility index (Phi) is 2.80. The van der Waals surface area contributed by atoms with Crippen molar-refractivity contribution in [1.29, 1.82) is 0 Å². The predicted octanol–water partition coefficient (Wildman–Crippen LogP) is 4.09. The molecular formula is C14H11FN2S. The molecule has 4 heteroatoms. The van der Waals surface area contributed by atoms with Gasteiger partial charge in [0, 0.05) is 10.5 Å². The molecule has 1 aromatic heterocycles. The van der Waals surface area contributed by atoms with Gasteiger partial charge in [-0.1, -0.05) is 12.1 Å². The number of halogens is 1. The topological polar surface area (TPSA) is 28.7 Å². The SMILES string of the molecule is CSc1ccc(-c2nc3ccc(F)cc3[nH]2)cc1. The molecule has 0 bridgehead atoms. The van der Waals surface area contributed by atoms with Crippen LogP contribution in [0.1, 0.15) is 0 Å². The number of nitrogens with one attached hydrogen (secondary N) is 1. The van der Waals surface area contributed by atoms with E-state index in [0.717, 1.165) is 22.4 Å². The molecule has 90 valence electrons. The first-order chi connectivity index (χ1) is 8.76. The summed E-state index contributed by atoms with van der Waals surface area (Å²) in [6.07, 6.45) is 2.04. The number of thioether (sulfide) groups is 1. The Balaban J connectivity index is 2.07. The van der Waals surface area contributed by atoms with Crippen LogP contribution in [0.5, 0.6) is 0 Å². The first-order valence-corrected chi connectivity index (χ1v) is 6.78. The average molecular weight is 258 g/mol. The number of rotatable bonds is 2. The minimum atomic E-state index is -0.254. The van der Waals surface area contributed by atoms with E-state index in [1.807, 2.05) is 30.5 Å². The maximum absolute atomic E-state index is 13.1. The smallest absolute Gasteiger partial charge is 0.138 e. The van der Waals surface area contributed by atoms with E-state index in [0.29, 0.717) is 0 Å². The monoisotopic (exact) mass is 258 g/mol. The average Bonchev–Trinajstić information content (AvgIpc) is 2.81. The van der Waals surface area contributed by atoms with E-state index in [1.165, 1.54) is 17.0 Å². The summed E-state index contributed by atoms with van der Waals surface area (Å²) in [6, 6.07) is 12.7. The van der Waals surface area contributed by atoms with Crippen molar-refractivity contribution in [2.45, 2.75) is 4.90 Å². The summed E-state index contributed by atoms with van der Waals surface area (Å²) in [5.74, 6) is 0.513. The lowest BCUT2D eigenvalue weighted by Gasteiger charge is -1.98. The van der Waals surface area contributed by atoms with Gasteiger partial charge in [-0.25, -0.2) is 9.37 Å². The van der Waals surface area contributed by atoms with Crippen molar-refractivity contribution in [3.05, 3.63) is 48.3 Å². The summed E-state index contributed by atoms with van der Waals surface area (Å²) in [5.41, 5.74) is 2.50. The zero-order valence-electron chi connectivity index (χ0n) is 9.77. The zero-order chi connectivity index (χ0) is 12.5. The Bertz CT molecular complexity index is 689. The molecule has 1 N–H and O–H groups in total. The van der Waals surface area contributed by atoms with Crippen molar-refractivity contribution >= 4 is 22.8 Å². The Labute approximate surface area is 108 Å². The molecule has 0 aliphatic heterocycles. The summed E-state index contributed by atoms with van der Waals surface area (Å²) >= 11 is 1.70. The van der Waals surface area contributed by atoms with Crippen LogP contribution < -0.4 is 0 Å². The van der Waals surface area contributed by atoms with Crippen LogP contribution in [-0.4, -0.2) is 16.2 Å². The highest BCUT2D eigenvalue weighted by atomic mass is 32.2. The second-order valence-corrected chi connectivity index (χ2v) is 4.86.